The number of halogens is 1. The van der Waals surface area contributed by atoms with Crippen molar-refractivity contribution in [2.24, 2.45) is 5.92 Å². The van der Waals surface area contributed by atoms with Gasteiger partial charge in [-0.15, -0.1) is 0 Å². The van der Waals surface area contributed by atoms with Crippen LogP contribution in [0.25, 0.3) is 34.2 Å². The van der Waals surface area contributed by atoms with E-state index in [9.17, 15) is 4.39 Å². The maximum absolute atomic E-state index is 14.5. The first kappa shape index (κ1) is 21.2. The number of nitrogens with zero attached hydrogens (tertiary/aromatic N) is 3. The minimum absolute atomic E-state index is 0.403. The van der Waals surface area contributed by atoms with Gasteiger partial charge in [0.25, 0.3) is 0 Å². The Morgan fingerprint density at radius 2 is 1.66 bits per heavy atom. The molecule has 1 fully saturated rings. The lowest BCUT2D eigenvalue weighted by atomic mass is 9.73. The van der Waals surface area contributed by atoms with Crippen LogP contribution in [0.3, 0.4) is 0 Å². The molecule has 1 saturated carbocycles. The number of fused-ring (bicyclic) bond motifs is 1. The molecule has 172 valence electrons. The fraction of sp³-hybridized carbons (Fsp3) is 0.138. The van der Waals surface area contributed by atoms with Crippen molar-refractivity contribution in [1.29, 1.82) is 0 Å². The molecule has 0 atom stereocenters. The number of hydrogen-bond acceptors (Lipinski definition) is 3. The van der Waals surface area contributed by atoms with E-state index in [-0.39, 0.29) is 0 Å². The van der Waals surface area contributed by atoms with Crippen molar-refractivity contribution in [1.82, 2.24) is 25.6 Å². The molecule has 2 heterocycles. The summed E-state index contributed by atoms with van der Waals surface area (Å²) in [6, 6.07) is 24.9. The van der Waals surface area contributed by atoms with Gasteiger partial charge in [-0.05, 0) is 70.4 Å². The van der Waals surface area contributed by atoms with Crippen molar-refractivity contribution in [2.45, 2.75) is 19.3 Å². The van der Waals surface area contributed by atoms with Crippen molar-refractivity contribution in [3.63, 3.8) is 0 Å². The first-order valence-corrected chi connectivity index (χ1v) is 11.8. The normalized spacial score (nSPS) is 14.9. The van der Waals surface area contributed by atoms with E-state index in [1.165, 1.54) is 17.6 Å². The number of H-pyrrole nitrogens is 2. The van der Waals surface area contributed by atoms with Gasteiger partial charge in [-0.3, -0.25) is 5.10 Å². The summed E-state index contributed by atoms with van der Waals surface area (Å²) in [6.45, 7) is 0. The number of rotatable bonds is 6. The van der Waals surface area contributed by atoms with Gasteiger partial charge in [0, 0.05) is 0 Å². The Balaban J connectivity index is 1.51. The number of hydrogen-bond donors (Lipinski definition) is 2. The lowest BCUT2D eigenvalue weighted by molar-refractivity contribution is 0.401. The van der Waals surface area contributed by atoms with Gasteiger partial charge in [0.05, 0.1) is 17.1 Å². The highest BCUT2D eigenvalue weighted by atomic mass is 19.1. The molecule has 35 heavy (non-hydrogen) atoms. The van der Waals surface area contributed by atoms with Gasteiger partial charge in [-0.25, -0.2) is 0 Å². The third kappa shape index (κ3) is 4.19. The second-order valence-corrected chi connectivity index (χ2v) is 8.90. The summed E-state index contributed by atoms with van der Waals surface area (Å²) in [6.07, 6.45) is 9.18. The zero-order valence-corrected chi connectivity index (χ0v) is 19.1. The average Bonchev–Trinajstić information content (AvgIpc) is 3.52. The lowest BCUT2D eigenvalue weighted by Crippen LogP contribution is -2.15. The number of allylic oxidation sites excluding steroid dienone is 1. The first-order valence-electron chi connectivity index (χ1n) is 11.8. The minimum Gasteiger partial charge on any atom is -0.252 e. The molecule has 6 rings (SSSR count). The summed E-state index contributed by atoms with van der Waals surface area (Å²) < 4.78 is 14.5. The average molecular weight is 462 g/mol. The topological polar surface area (TPSA) is 70.2 Å². The fourth-order valence-electron chi connectivity index (χ4n) is 4.74. The predicted molar refractivity (Wildman–Crippen MR) is 138 cm³/mol. The second-order valence-electron chi connectivity index (χ2n) is 8.90. The lowest BCUT2D eigenvalue weighted by Gasteiger charge is -2.31. The Kier molecular flexibility index (Phi) is 5.54. The highest BCUT2D eigenvalue weighted by Crippen LogP contribution is 2.45. The summed E-state index contributed by atoms with van der Waals surface area (Å²) in [7, 11) is 0. The predicted octanol–water partition coefficient (Wildman–Crippen LogP) is 6.75. The molecule has 5 nitrogen and oxygen atoms in total. The Morgan fingerprint density at radius 1 is 0.857 bits per heavy atom. The van der Waals surface area contributed by atoms with Crippen molar-refractivity contribution < 1.29 is 4.39 Å². The smallest absolute Gasteiger partial charge is 0.216 e. The summed E-state index contributed by atoms with van der Waals surface area (Å²) in [5.41, 5.74) is 8.27. The van der Waals surface area contributed by atoms with Crippen LogP contribution >= 0.6 is 0 Å². The van der Waals surface area contributed by atoms with Crippen molar-refractivity contribution >= 4 is 34.2 Å². The van der Waals surface area contributed by atoms with Crippen LogP contribution in [0.1, 0.15) is 47.2 Å². The minimum atomic E-state index is -0.403. The number of aromatic nitrogens is 5. The molecule has 0 radical (unpaired) electrons. The van der Waals surface area contributed by atoms with Gasteiger partial charge in [0.2, 0.25) is 5.95 Å². The van der Waals surface area contributed by atoms with Gasteiger partial charge in [0.1, 0.15) is 5.69 Å². The SMILES string of the molecule is Fc1[nH]nc2ccc(/C(=C(/c3ccccc3)C3CCC3)c3ccc(/C=C/c4cn[nH]n4)cc3)cc12. The number of nitrogens with one attached hydrogen (secondary N) is 2. The highest BCUT2D eigenvalue weighted by molar-refractivity contribution is 6.01. The first-order chi connectivity index (χ1) is 17.3. The van der Waals surface area contributed by atoms with Crippen molar-refractivity contribution in [2.75, 3.05) is 0 Å². The Labute approximate surface area is 202 Å². The van der Waals surface area contributed by atoms with Crippen LogP contribution in [-0.4, -0.2) is 25.6 Å². The third-order valence-corrected chi connectivity index (χ3v) is 6.74. The molecule has 0 saturated heterocycles. The molecule has 1 aliphatic carbocycles. The quantitative estimate of drug-likeness (QED) is 0.275. The third-order valence-electron chi connectivity index (χ3n) is 6.74. The highest BCUT2D eigenvalue weighted by Gasteiger charge is 2.27. The molecule has 2 aromatic heterocycles. The molecule has 1 aliphatic rings. The van der Waals surface area contributed by atoms with Gasteiger partial charge < -0.3 is 0 Å². The standard InChI is InChI=1S/C29H24FN5/c30-29-25-17-23(14-16-26(25)33-34-29)28(27(21-7-4-8-21)20-5-2-1-3-6-20)22-12-9-19(10-13-22)11-15-24-18-31-35-32-24/h1-3,5-6,9-18,21H,4,7-8H2,(H,33,34)(H,31,32,35)/b15-11+,28-27-. The van der Waals surface area contributed by atoms with Crippen LogP contribution in [0.15, 0.2) is 79.0 Å². The van der Waals surface area contributed by atoms with E-state index in [1.54, 1.807) is 6.20 Å². The molecule has 0 bridgehead atoms. The number of aromatic amines is 2. The van der Waals surface area contributed by atoms with Crippen molar-refractivity contribution in [3.05, 3.63) is 113 Å². The molecule has 0 amide bonds. The summed E-state index contributed by atoms with van der Waals surface area (Å²) in [4.78, 5) is 0. The largest absolute Gasteiger partial charge is 0.252 e. The van der Waals surface area contributed by atoms with Crippen LogP contribution in [0, 0.1) is 11.9 Å². The Morgan fingerprint density at radius 3 is 2.37 bits per heavy atom. The molecule has 5 aromatic rings. The molecule has 0 spiro atoms. The van der Waals surface area contributed by atoms with E-state index in [4.69, 9.17) is 0 Å². The van der Waals surface area contributed by atoms with Crippen LogP contribution in [-0.2, 0) is 0 Å². The molecular weight excluding hydrogens is 437 g/mol. The van der Waals surface area contributed by atoms with E-state index in [0.29, 0.717) is 16.8 Å². The van der Waals surface area contributed by atoms with E-state index >= 15 is 0 Å². The molecule has 0 aliphatic heterocycles. The van der Waals surface area contributed by atoms with Crippen molar-refractivity contribution in [3.8, 4) is 0 Å². The maximum Gasteiger partial charge on any atom is 0.216 e. The van der Waals surface area contributed by atoms with E-state index < -0.39 is 5.95 Å². The fourth-order valence-corrected chi connectivity index (χ4v) is 4.74. The second kappa shape index (κ2) is 9.14. The van der Waals surface area contributed by atoms with Gasteiger partial charge in [-0.1, -0.05) is 73.2 Å². The summed E-state index contributed by atoms with van der Waals surface area (Å²) in [5, 5.41) is 17.6. The maximum atomic E-state index is 14.5. The van der Waals surface area contributed by atoms with E-state index in [1.807, 2.05) is 30.4 Å². The molecule has 2 N–H and O–H groups in total. The Bertz CT molecular complexity index is 1510. The van der Waals surface area contributed by atoms with Crippen LogP contribution < -0.4 is 0 Å². The van der Waals surface area contributed by atoms with Crippen LogP contribution in [0.2, 0.25) is 0 Å². The summed E-state index contributed by atoms with van der Waals surface area (Å²) >= 11 is 0. The van der Waals surface area contributed by atoms with Gasteiger partial charge >= 0.3 is 0 Å². The monoisotopic (exact) mass is 461 g/mol. The summed E-state index contributed by atoms with van der Waals surface area (Å²) in [5.74, 6) is 0.0727. The van der Waals surface area contributed by atoms with E-state index in [0.717, 1.165) is 40.8 Å². The Hall–Kier alpha value is -4.32. The van der Waals surface area contributed by atoms with Crippen LogP contribution in [0.5, 0.6) is 0 Å². The zero-order valence-electron chi connectivity index (χ0n) is 19.1. The molecular formula is C29H24FN5. The van der Waals surface area contributed by atoms with Crippen LogP contribution in [0.4, 0.5) is 4.39 Å². The van der Waals surface area contributed by atoms with Gasteiger partial charge in [-0.2, -0.15) is 24.9 Å². The van der Waals surface area contributed by atoms with Gasteiger partial charge in [0.15, 0.2) is 0 Å². The van der Waals surface area contributed by atoms with E-state index in [2.05, 4.69) is 80.2 Å². The molecule has 0 unspecified atom stereocenters. The molecule has 6 heteroatoms. The zero-order chi connectivity index (χ0) is 23.6. The molecule has 3 aromatic carbocycles. The number of benzene rings is 3.